The van der Waals surface area contributed by atoms with Crippen LogP contribution in [0.25, 0.3) is 0 Å². The molecule has 1 N–H and O–H groups in total. The number of nitrogens with zero attached hydrogens (tertiary/aromatic N) is 4. The Bertz CT molecular complexity index is 911. The predicted octanol–water partition coefficient (Wildman–Crippen LogP) is 4.09. The largest absolute Gasteiger partial charge is 0.355 e. The number of carbonyl (C=O) groups excluding carboxylic acids is 2. The molecule has 2 fully saturated rings. The third-order valence-electron chi connectivity index (χ3n) is 5.94. The highest BCUT2D eigenvalue weighted by atomic mass is 35.5. The zero-order chi connectivity index (χ0) is 22.3. The number of amides is 2. The molecule has 2 aliphatic rings. The van der Waals surface area contributed by atoms with E-state index < -0.39 is 0 Å². The van der Waals surface area contributed by atoms with Gasteiger partial charge in [0.2, 0.25) is 11.8 Å². The molecule has 2 amide bonds. The maximum atomic E-state index is 12.7. The van der Waals surface area contributed by atoms with Crippen LogP contribution in [-0.4, -0.2) is 58.8 Å². The lowest BCUT2D eigenvalue weighted by Crippen LogP contribution is -2.44. The van der Waals surface area contributed by atoms with Crippen LogP contribution in [0.4, 0.5) is 11.5 Å². The normalized spacial score (nSPS) is 17.3. The molecule has 2 saturated heterocycles. The number of likely N-dealkylation sites (tertiary alicyclic amines) is 1. The average molecular weight is 474 g/mol. The third kappa shape index (κ3) is 6.13. The fourth-order valence-electron chi connectivity index (χ4n) is 4.16. The summed E-state index contributed by atoms with van der Waals surface area (Å²) in [6.45, 7) is 3.46. The monoisotopic (exact) mass is 473 g/mol. The van der Waals surface area contributed by atoms with Gasteiger partial charge in [-0.15, -0.1) is 10.2 Å². The van der Waals surface area contributed by atoms with Gasteiger partial charge in [-0.25, -0.2) is 0 Å². The Labute approximate surface area is 197 Å². The van der Waals surface area contributed by atoms with E-state index in [9.17, 15) is 9.59 Å². The number of benzene rings is 1. The Balaban J connectivity index is 1.22. The van der Waals surface area contributed by atoms with E-state index in [4.69, 9.17) is 11.6 Å². The van der Waals surface area contributed by atoms with Crippen LogP contribution in [0.3, 0.4) is 0 Å². The summed E-state index contributed by atoms with van der Waals surface area (Å²) >= 11 is 7.21. The molecular weight excluding hydrogens is 446 g/mol. The van der Waals surface area contributed by atoms with Crippen molar-refractivity contribution in [3.8, 4) is 0 Å². The number of piperidine rings is 2. The summed E-state index contributed by atoms with van der Waals surface area (Å²) in [5.41, 5.74) is 0.712. The van der Waals surface area contributed by atoms with Crippen molar-refractivity contribution in [3.63, 3.8) is 0 Å². The van der Waals surface area contributed by atoms with Crippen LogP contribution in [0.15, 0.2) is 41.4 Å². The van der Waals surface area contributed by atoms with Gasteiger partial charge in [0, 0.05) is 42.8 Å². The van der Waals surface area contributed by atoms with Crippen LogP contribution in [0, 0.1) is 5.92 Å². The minimum atomic E-state index is -0.108. The van der Waals surface area contributed by atoms with Gasteiger partial charge in [-0.1, -0.05) is 23.4 Å². The Kier molecular flexibility index (Phi) is 7.86. The van der Waals surface area contributed by atoms with Gasteiger partial charge in [0.1, 0.15) is 5.03 Å². The summed E-state index contributed by atoms with van der Waals surface area (Å²) < 4.78 is 0. The minimum absolute atomic E-state index is 0.108. The van der Waals surface area contributed by atoms with Crippen LogP contribution in [-0.2, 0) is 9.59 Å². The van der Waals surface area contributed by atoms with Gasteiger partial charge >= 0.3 is 0 Å². The second kappa shape index (κ2) is 11.0. The van der Waals surface area contributed by atoms with Crippen molar-refractivity contribution in [1.29, 1.82) is 0 Å². The highest BCUT2D eigenvalue weighted by molar-refractivity contribution is 7.99. The molecule has 0 atom stereocenters. The summed E-state index contributed by atoms with van der Waals surface area (Å²) in [5.74, 6) is 1.43. The van der Waals surface area contributed by atoms with E-state index in [0.29, 0.717) is 21.6 Å². The molecule has 0 aliphatic carbocycles. The molecule has 0 bridgehead atoms. The molecule has 0 radical (unpaired) electrons. The first-order chi connectivity index (χ1) is 15.6. The maximum absolute atomic E-state index is 12.7. The predicted molar refractivity (Wildman–Crippen MR) is 128 cm³/mol. The topological polar surface area (TPSA) is 78.4 Å². The summed E-state index contributed by atoms with van der Waals surface area (Å²) in [6, 6.07) is 10.8. The van der Waals surface area contributed by atoms with Gasteiger partial charge in [0.25, 0.3) is 0 Å². The zero-order valence-corrected chi connectivity index (χ0v) is 19.6. The van der Waals surface area contributed by atoms with E-state index in [1.54, 1.807) is 24.3 Å². The van der Waals surface area contributed by atoms with Crippen molar-refractivity contribution < 1.29 is 9.59 Å². The van der Waals surface area contributed by atoms with Crippen molar-refractivity contribution in [2.24, 2.45) is 5.92 Å². The van der Waals surface area contributed by atoms with E-state index in [2.05, 4.69) is 25.3 Å². The molecule has 3 heterocycles. The molecule has 1 aromatic carbocycles. The number of carbonyl (C=O) groups is 2. The second-order valence-corrected chi connectivity index (χ2v) is 9.65. The van der Waals surface area contributed by atoms with Gasteiger partial charge in [-0.2, -0.15) is 0 Å². The molecule has 7 nitrogen and oxygen atoms in total. The van der Waals surface area contributed by atoms with E-state index in [1.165, 1.54) is 18.2 Å². The Morgan fingerprint density at radius 3 is 2.34 bits per heavy atom. The lowest BCUT2D eigenvalue weighted by atomic mass is 9.94. The summed E-state index contributed by atoms with van der Waals surface area (Å²) in [5, 5.41) is 12.8. The van der Waals surface area contributed by atoms with Crippen molar-refractivity contribution in [2.45, 2.75) is 37.1 Å². The minimum Gasteiger partial charge on any atom is -0.355 e. The number of aromatic nitrogens is 2. The molecular formula is C23H28ClN5O2S. The highest BCUT2D eigenvalue weighted by Gasteiger charge is 2.29. The van der Waals surface area contributed by atoms with Gasteiger partial charge in [0.05, 0.1) is 5.75 Å². The Morgan fingerprint density at radius 2 is 1.69 bits per heavy atom. The fourth-order valence-corrected chi connectivity index (χ4v) is 4.90. The number of halogens is 1. The average Bonchev–Trinajstić information content (AvgIpc) is 2.85. The molecule has 2 aromatic rings. The van der Waals surface area contributed by atoms with Gasteiger partial charge in [-0.05, 0) is 68.5 Å². The maximum Gasteiger partial charge on any atom is 0.234 e. The molecule has 0 saturated carbocycles. The van der Waals surface area contributed by atoms with Crippen LogP contribution in [0.1, 0.15) is 32.1 Å². The SMILES string of the molecule is O=C(CSc1ccc(N2CCC(C(=O)N3CCCCC3)CC2)nn1)Nc1ccc(Cl)cc1. The summed E-state index contributed by atoms with van der Waals surface area (Å²) in [7, 11) is 0. The zero-order valence-electron chi connectivity index (χ0n) is 18.0. The first-order valence-corrected chi connectivity index (χ1v) is 12.5. The van der Waals surface area contributed by atoms with E-state index >= 15 is 0 Å². The molecule has 170 valence electrons. The Morgan fingerprint density at radius 1 is 0.969 bits per heavy atom. The first-order valence-electron chi connectivity index (χ1n) is 11.1. The van der Waals surface area contributed by atoms with E-state index in [1.807, 2.05) is 12.1 Å². The molecule has 32 heavy (non-hydrogen) atoms. The van der Waals surface area contributed by atoms with E-state index in [0.717, 1.165) is 57.7 Å². The summed E-state index contributed by atoms with van der Waals surface area (Å²) in [4.78, 5) is 29.1. The second-order valence-electron chi connectivity index (χ2n) is 8.22. The standard InChI is InChI=1S/C23H28ClN5O2S/c24-18-4-6-19(7-5-18)25-21(30)16-32-22-9-8-20(26-27-22)28-14-10-17(11-15-28)23(31)29-12-2-1-3-13-29/h4-9,17H,1-3,10-16H2,(H,25,30). The molecule has 0 spiro atoms. The number of anilines is 2. The van der Waals surface area contributed by atoms with Crippen molar-refractivity contribution >= 4 is 46.7 Å². The quantitative estimate of drug-likeness (QED) is 0.636. The van der Waals surface area contributed by atoms with Crippen LogP contribution < -0.4 is 10.2 Å². The number of thioether (sulfide) groups is 1. The molecule has 4 rings (SSSR count). The van der Waals surface area contributed by atoms with Crippen LogP contribution in [0.2, 0.25) is 5.02 Å². The van der Waals surface area contributed by atoms with Crippen molar-refractivity contribution in [1.82, 2.24) is 15.1 Å². The lowest BCUT2D eigenvalue weighted by molar-refractivity contribution is -0.137. The third-order valence-corrected chi connectivity index (χ3v) is 7.11. The number of hydrogen-bond donors (Lipinski definition) is 1. The number of hydrogen-bond acceptors (Lipinski definition) is 6. The molecule has 0 unspecified atom stereocenters. The van der Waals surface area contributed by atoms with Gasteiger partial charge < -0.3 is 15.1 Å². The smallest absolute Gasteiger partial charge is 0.234 e. The highest BCUT2D eigenvalue weighted by Crippen LogP contribution is 2.25. The van der Waals surface area contributed by atoms with E-state index in [-0.39, 0.29) is 17.6 Å². The first kappa shape index (κ1) is 22.9. The van der Waals surface area contributed by atoms with Crippen LogP contribution in [0.5, 0.6) is 0 Å². The fraction of sp³-hybridized carbons (Fsp3) is 0.478. The molecule has 9 heteroatoms. The summed E-state index contributed by atoms with van der Waals surface area (Å²) in [6.07, 6.45) is 5.22. The van der Waals surface area contributed by atoms with Crippen LogP contribution >= 0.6 is 23.4 Å². The van der Waals surface area contributed by atoms with Gasteiger partial charge in [-0.3, -0.25) is 9.59 Å². The van der Waals surface area contributed by atoms with Crippen molar-refractivity contribution in [2.75, 3.05) is 42.1 Å². The number of rotatable bonds is 6. The lowest BCUT2D eigenvalue weighted by Gasteiger charge is -2.35. The van der Waals surface area contributed by atoms with Gasteiger partial charge in [0.15, 0.2) is 5.82 Å². The number of nitrogens with one attached hydrogen (secondary N) is 1. The molecule has 1 aromatic heterocycles. The molecule has 2 aliphatic heterocycles. The van der Waals surface area contributed by atoms with Crippen molar-refractivity contribution in [3.05, 3.63) is 41.4 Å². The Hall–Kier alpha value is -2.32.